The highest BCUT2D eigenvalue weighted by Crippen LogP contribution is 2.20. The van der Waals surface area contributed by atoms with Crippen molar-refractivity contribution in [2.24, 2.45) is 0 Å². The quantitative estimate of drug-likeness (QED) is 0.853. The largest absolute Gasteiger partial charge is 0.465 e. The number of methoxy groups -OCH3 is 1. The van der Waals surface area contributed by atoms with Crippen LogP contribution in [0.2, 0.25) is 0 Å². The van der Waals surface area contributed by atoms with Crippen LogP contribution >= 0.6 is 11.3 Å². The molecule has 1 N–H and O–H groups in total. The number of ether oxygens (including phenoxy) is 1. The number of furan rings is 1. The van der Waals surface area contributed by atoms with Gasteiger partial charge in [-0.2, -0.15) is 0 Å². The summed E-state index contributed by atoms with van der Waals surface area (Å²) in [6, 6.07) is 6.11. The maximum atomic E-state index is 11.5. The molecule has 0 saturated carbocycles. The van der Waals surface area contributed by atoms with Crippen LogP contribution in [0.5, 0.6) is 0 Å². The van der Waals surface area contributed by atoms with Crippen LogP contribution in [0.25, 0.3) is 0 Å². The van der Waals surface area contributed by atoms with Crippen molar-refractivity contribution in [1.82, 2.24) is 5.32 Å². The zero-order chi connectivity index (χ0) is 13.8. The minimum Gasteiger partial charge on any atom is -0.465 e. The van der Waals surface area contributed by atoms with Crippen LogP contribution in [0.15, 0.2) is 28.0 Å². The molecule has 0 aliphatic rings. The lowest BCUT2D eigenvalue weighted by Gasteiger charge is -2.10. The first kappa shape index (κ1) is 13.8. The first-order chi connectivity index (χ1) is 9.11. The van der Waals surface area contributed by atoms with Gasteiger partial charge in [0.1, 0.15) is 17.1 Å². The third-order valence-corrected chi connectivity index (χ3v) is 3.98. The lowest BCUT2D eigenvalue weighted by molar-refractivity contribution is 0.0599. The van der Waals surface area contributed by atoms with Gasteiger partial charge < -0.3 is 14.5 Å². The summed E-state index contributed by atoms with van der Waals surface area (Å²) in [5, 5.41) is 5.42. The molecule has 1 atom stereocenters. The molecule has 0 radical (unpaired) electrons. The number of hydrogen-bond donors (Lipinski definition) is 1. The molecule has 0 bridgehead atoms. The molecule has 5 heteroatoms. The third kappa shape index (κ3) is 3.24. The van der Waals surface area contributed by atoms with Gasteiger partial charge in [0.15, 0.2) is 0 Å². The fourth-order valence-corrected chi connectivity index (χ4v) is 2.59. The van der Waals surface area contributed by atoms with Crippen molar-refractivity contribution in [3.8, 4) is 0 Å². The van der Waals surface area contributed by atoms with Crippen LogP contribution in [-0.2, 0) is 11.3 Å². The Labute approximate surface area is 116 Å². The summed E-state index contributed by atoms with van der Waals surface area (Å²) in [4.78, 5) is 12.7. The highest BCUT2D eigenvalue weighted by molar-refractivity contribution is 7.10. The first-order valence-corrected chi connectivity index (χ1v) is 6.94. The van der Waals surface area contributed by atoms with Gasteiger partial charge in [-0.1, -0.05) is 6.07 Å². The minimum absolute atomic E-state index is 0.256. The summed E-state index contributed by atoms with van der Waals surface area (Å²) in [7, 11) is 1.37. The van der Waals surface area contributed by atoms with Crippen molar-refractivity contribution in [2.45, 2.75) is 26.4 Å². The van der Waals surface area contributed by atoms with Crippen molar-refractivity contribution in [1.29, 1.82) is 0 Å². The monoisotopic (exact) mass is 279 g/mol. The number of rotatable bonds is 5. The average Bonchev–Trinajstić information content (AvgIpc) is 3.04. The zero-order valence-corrected chi connectivity index (χ0v) is 12.0. The Bertz CT molecular complexity index is 545. The topological polar surface area (TPSA) is 51.5 Å². The number of carbonyl (C=O) groups excluding carboxylic acids is 1. The molecule has 0 fully saturated rings. The van der Waals surface area contributed by atoms with Crippen LogP contribution in [0.4, 0.5) is 0 Å². The van der Waals surface area contributed by atoms with Gasteiger partial charge in [-0.3, -0.25) is 0 Å². The second kappa shape index (κ2) is 6.04. The van der Waals surface area contributed by atoms with E-state index in [1.165, 1.54) is 12.0 Å². The predicted molar refractivity (Wildman–Crippen MR) is 74.4 cm³/mol. The third-order valence-electron chi connectivity index (χ3n) is 2.93. The lowest BCUT2D eigenvalue weighted by Crippen LogP contribution is -2.16. The number of hydrogen-bond acceptors (Lipinski definition) is 5. The number of thiophene rings is 1. The van der Waals surface area contributed by atoms with Gasteiger partial charge in [-0.15, -0.1) is 11.3 Å². The van der Waals surface area contributed by atoms with E-state index in [0.717, 1.165) is 5.76 Å². The number of nitrogens with one attached hydrogen (secondary N) is 1. The smallest absolute Gasteiger partial charge is 0.341 e. The van der Waals surface area contributed by atoms with Crippen molar-refractivity contribution < 1.29 is 13.9 Å². The molecule has 0 spiro atoms. The molecule has 102 valence electrons. The van der Waals surface area contributed by atoms with E-state index in [4.69, 9.17) is 9.15 Å². The summed E-state index contributed by atoms with van der Waals surface area (Å²) < 4.78 is 10.2. The maximum absolute atomic E-state index is 11.5. The highest BCUT2D eigenvalue weighted by atomic mass is 32.1. The first-order valence-electron chi connectivity index (χ1n) is 6.06. The Morgan fingerprint density at radius 3 is 3.00 bits per heavy atom. The molecule has 0 aliphatic carbocycles. The summed E-state index contributed by atoms with van der Waals surface area (Å²) in [5.74, 6) is 0.965. The summed E-state index contributed by atoms with van der Waals surface area (Å²) in [6.07, 6.45) is 0. The van der Waals surface area contributed by atoms with E-state index in [-0.39, 0.29) is 12.0 Å². The van der Waals surface area contributed by atoms with Gasteiger partial charge in [0.2, 0.25) is 0 Å². The van der Waals surface area contributed by atoms with Gasteiger partial charge in [-0.05, 0) is 31.4 Å². The molecular weight excluding hydrogens is 262 g/mol. The molecule has 2 aromatic heterocycles. The predicted octanol–water partition coefficient (Wildman–Crippen LogP) is 3.29. The highest BCUT2D eigenvalue weighted by Gasteiger charge is 2.15. The fourth-order valence-electron chi connectivity index (χ4n) is 1.84. The van der Waals surface area contributed by atoms with E-state index in [1.807, 2.05) is 6.07 Å². The van der Waals surface area contributed by atoms with Crippen molar-refractivity contribution in [3.05, 3.63) is 45.5 Å². The zero-order valence-electron chi connectivity index (χ0n) is 11.2. The molecule has 19 heavy (non-hydrogen) atoms. The standard InChI is InChI=1S/C14H17NO3S/c1-9(13-5-4-6-19-13)15-8-11-7-12(10(2)18-11)14(16)17-3/h4-7,9,15H,8H2,1-3H3/t9-/m0/s1. The van der Waals surface area contributed by atoms with E-state index in [1.54, 1.807) is 24.3 Å². The SMILES string of the molecule is COC(=O)c1cc(CN[C@@H](C)c2cccs2)oc1C. The van der Waals surface area contributed by atoms with E-state index in [0.29, 0.717) is 17.9 Å². The summed E-state index contributed by atoms with van der Waals surface area (Å²) in [6.45, 7) is 4.44. The number of carbonyl (C=O) groups is 1. The van der Waals surface area contributed by atoms with Gasteiger partial charge >= 0.3 is 5.97 Å². The van der Waals surface area contributed by atoms with Crippen LogP contribution in [-0.4, -0.2) is 13.1 Å². The van der Waals surface area contributed by atoms with Crippen LogP contribution in [0.1, 0.15) is 39.7 Å². The van der Waals surface area contributed by atoms with Crippen molar-refractivity contribution in [2.75, 3.05) is 7.11 Å². The van der Waals surface area contributed by atoms with Gasteiger partial charge in [0.05, 0.1) is 13.7 Å². The Morgan fingerprint density at radius 2 is 2.37 bits per heavy atom. The Kier molecular flexibility index (Phi) is 4.39. The lowest BCUT2D eigenvalue weighted by atomic mass is 10.2. The molecule has 0 amide bonds. The van der Waals surface area contributed by atoms with Gasteiger partial charge in [0.25, 0.3) is 0 Å². The normalized spacial score (nSPS) is 12.4. The minimum atomic E-state index is -0.362. The van der Waals surface area contributed by atoms with Crippen molar-refractivity contribution >= 4 is 17.3 Å². The number of esters is 1. The number of aryl methyl sites for hydroxylation is 1. The van der Waals surface area contributed by atoms with Crippen LogP contribution in [0, 0.1) is 6.92 Å². The molecule has 0 aromatic carbocycles. The molecule has 0 aliphatic heterocycles. The molecular formula is C14H17NO3S. The molecule has 0 unspecified atom stereocenters. The molecule has 0 saturated heterocycles. The fraction of sp³-hybridized carbons (Fsp3) is 0.357. The second-order valence-corrected chi connectivity index (χ2v) is 5.27. The Hall–Kier alpha value is -1.59. The average molecular weight is 279 g/mol. The van der Waals surface area contributed by atoms with Gasteiger partial charge in [0, 0.05) is 10.9 Å². The molecule has 4 nitrogen and oxygen atoms in total. The van der Waals surface area contributed by atoms with Gasteiger partial charge in [-0.25, -0.2) is 4.79 Å². The molecule has 2 aromatic rings. The van der Waals surface area contributed by atoms with E-state index in [9.17, 15) is 4.79 Å². The summed E-state index contributed by atoms with van der Waals surface area (Å²) in [5.41, 5.74) is 0.489. The molecule has 2 heterocycles. The van der Waals surface area contributed by atoms with E-state index < -0.39 is 0 Å². The Balaban J connectivity index is 1.98. The summed E-state index contributed by atoms with van der Waals surface area (Å²) >= 11 is 1.72. The van der Waals surface area contributed by atoms with E-state index >= 15 is 0 Å². The van der Waals surface area contributed by atoms with Crippen LogP contribution in [0.3, 0.4) is 0 Å². The van der Waals surface area contributed by atoms with E-state index in [2.05, 4.69) is 23.7 Å². The Morgan fingerprint density at radius 1 is 1.58 bits per heavy atom. The van der Waals surface area contributed by atoms with Crippen molar-refractivity contribution in [3.63, 3.8) is 0 Å². The maximum Gasteiger partial charge on any atom is 0.341 e. The molecule has 2 rings (SSSR count). The second-order valence-electron chi connectivity index (χ2n) is 4.29. The van der Waals surface area contributed by atoms with Crippen LogP contribution < -0.4 is 5.32 Å².